The molecule has 0 aliphatic carbocycles. The minimum atomic E-state index is -3.81. The Morgan fingerprint density at radius 2 is 1.63 bits per heavy atom. The lowest BCUT2D eigenvalue weighted by atomic mass is 10.2. The number of methoxy groups -OCH3 is 2. The highest BCUT2D eigenvalue weighted by atomic mass is 35.5. The van der Waals surface area contributed by atoms with Crippen molar-refractivity contribution in [1.82, 2.24) is 4.31 Å². The summed E-state index contributed by atoms with van der Waals surface area (Å²) in [4.78, 5) is 12.5. The van der Waals surface area contributed by atoms with Crippen LogP contribution >= 0.6 is 23.2 Å². The van der Waals surface area contributed by atoms with Crippen LogP contribution in [-0.4, -0.2) is 46.9 Å². The van der Waals surface area contributed by atoms with E-state index in [2.05, 4.69) is 5.32 Å². The number of anilines is 1. The first-order chi connectivity index (χ1) is 12.6. The first kappa shape index (κ1) is 21.3. The average molecular weight is 433 g/mol. The van der Waals surface area contributed by atoms with Gasteiger partial charge in [-0.2, -0.15) is 0 Å². The van der Waals surface area contributed by atoms with E-state index in [-0.39, 0.29) is 20.5 Å². The number of carbonyl (C=O) groups excluding carboxylic acids is 1. The van der Waals surface area contributed by atoms with Crippen LogP contribution in [0.25, 0.3) is 0 Å². The number of hydrogen-bond donors (Lipinski definition) is 1. The molecular formula is C17H18Cl2N2O5S. The summed E-state index contributed by atoms with van der Waals surface area (Å²) in [5.41, 5.74) is 0.411. The van der Waals surface area contributed by atoms with Gasteiger partial charge in [0.25, 0.3) is 5.91 Å². The van der Waals surface area contributed by atoms with Crippen molar-refractivity contribution in [3.63, 3.8) is 0 Å². The van der Waals surface area contributed by atoms with E-state index >= 15 is 0 Å². The van der Waals surface area contributed by atoms with Gasteiger partial charge in [-0.3, -0.25) is 4.79 Å². The third-order valence-corrected chi connectivity index (χ3v) is 6.27. The van der Waals surface area contributed by atoms with E-state index < -0.39 is 15.9 Å². The van der Waals surface area contributed by atoms with Gasteiger partial charge in [0.1, 0.15) is 16.4 Å². The molecule has 0 saturated carbocycles. The Kier molecular flexibility index (Phi) is 6.59. The minimum Gasteiger partial charge on any atom is -0.495 e. The summed E-state index contributed by atoms with van der Waals surface area (Å²) < 4.78 is 36.1. The van der Waals surface area contributed by atoms with E-state index in [4.69, 9.17) is 32.7 Å². The lowest BCUT2D eigenvalue weighted by Gasteiger charge is -2.15. The highest BCUT2D eigenvalue weighted by molar-refractivity contribution is 7.89. The summed E-state index contributed by atoms with van der Waals surface area (Å²) >= 11 is 12.1. The highest BCUT2D eigenvalue weighted by Gasteiger charge is 2.23. The van der Waals surface area contributed by atoms with E-state index in [1.54, 1.807) is 0 Å². The van der Waals surface area contributed by atoms with Gasteiger partial charge in [0.2, 0.25) is 10.0 Å². The maximum Gasteiger partial charge on any atom is 0.255 e. The number of carbonyl (C=O) groups is 1. The van der Waals surface area contributed by atoms with E-state index in [9.17, 15) is 13.2 Å². The van der Waals surface area contributed by atoms with E-state index in [1.165, 1.54) is 58.6 Å². The fraction of sp³-hybridized carbons (Fsp3) is 0.235. The van der Waals surface area contributed by atoms with Crippen LogP contribution in [0.15, 0.2) is 35.2 Å². The van der Waals surface area contributed by atoms with Crippen molar-refractivity contribution in [1.29, 1.82) is 0 Å². The zero-order valence-electron chi connectivity index (χ0n) is 15.0. The predicted octanol–water partition coefficient (Wildman–Crippen LogP) is 3.51. The van der Waals surface area contributed by atoms with Crippen LogP contribution in [0.5, 0.6) is 11.5 Å². The first-order valence-electron chi connectivity index (χ1n) is 7.56. The number of benzene rings is 2. The van der Waals surface area contributed by atoms with E-state index in [0.29, 0.717) is 17.2 Å². The minimum absolute atomic E-state index is 0.0188. The molecule has 0 fully saturated rings. The van der Waals surface area contributed by atoms with Gasteiger partial charge in [0.05, 0.1) is 30.0 Å². The summed E-state index contributed by atoms with van der Waals surface area (Å²) in [6.45, 7) is 0. The molecule has 0 aliphatic rings. The summed E-state index contributed by atoms with van der Waals surface area (Å²) in [7, 11) is 1.84. The molecule has 0 aromatic heterocycles. The van der Waals surface area contributed by atoms with Crippen molar-refractivity contribution in [3.8, 4) is 11.5 Å². The number of sulfonamides is 1. The molecule has 0 radical (unpaired) electrons. The van der Waals surface area contributed by atoms with Crippen molar-refractivity contribution < 1.29 is 22.7 Å². The van der Waals surface area contributed by atoms with Crippen LogP contribution in [0.3, 0.4) is 0 Å². The Bertz CT molecular complexity index is 978. The molecule has 0 spiro atoms. The van der Waals surface area contributed by atoms with E-state index in [0.717, 1.165) is 4.31 Å². The zero-order valence-corrected chi connectivity index (χ0v) is 17.4. The molecule has 0 saturated heterocycles. The average Bonchev–Trinajstić information content (AvgIpc) is 2.61. The van der Waals surface area contributed by atoms with Crippen molar-refractivity contribution in [2.75, 3.05) is 33.6 Å². The summed E-state index contributed by atoms with van der Waals surface area (Å²) in [5.74, 6) is 0.165. The van der Waals surface area contributed by atoms with Crippen LogP contribution in [0.2, 0.25) is 10.0 Å². The number of nitrogens with one attached hydrogen (secondary N) is 1. The van der Waals surface area contributed by atoms with Crippen molar-refractivity contribution >= 4 is 44.8 Å². The summed E-state index contributed by atoms with van der Waals surface area (Å²) in [6.07, 6.45) is 0. The molecule has 1 N–H and O–H groups in total. The molecule has 0 heterocycles. The molecule has 10 heteroatoms. The Morgan fingerprint density at radius 3 is 2.19 bits per heavy atom. The Balaban J connectivity index is 2.42. The first-order valence-corrected chi connectivity index (χ1v) is 9.76. The van der Waals surface area contributed by atoms with Gasteiger partial charge in [0.15, 0.2) is 0 Å². The molecule has 2 rings (SSSR count). The number of amides is 1. The molecule has 0 unspecified atom stereocenters. The van der Waals surface area contributed by atoms with Gasteiger partial charge in [-0.25, -0.2) is 12.7 Å². The zero-order chi connectivity index (χ0) is 20.4. The van der Waals surface area contributed by atoms with Crippen LogP contribution in [-0.2, 0) is 10.0 Å². The molecule has 7 nitrogen and oxygen atoms in total. The van der Waals surface area contributed by atoms with Gasteiger partial charge in [-0.05, 0) is 24.3 Å². The van der Waals surface area contributed by atoms with Crippen LogP contribution in [0, 0.1) is 0 Å². The normalized spacial score (nSPS) is 11.4. The number of hydrogen-bond acceptors (Lipinski definition) is 5. The lowest BCUT2D eigenvalue weighted by Crippen LogP contribution is -2.23. The quantitative estimate of drug-likeness (QED) is 0.754. The molecule has 2 aromatic carbocycles. The van der Waals surface area contributed by atoms with Crippen LogP contribution < -0.4 is 14.8 Å². The maximum absolute atomic E-state index is 12.6. The van der Waals surface area contributed by atoms with Gasteiger partial charge in [0, 0.05) is 25.7 Å². The Labute approximate surface area is 167 Å². The Hall–Kier alpha value is -2.00. The van der Waals surface area contributed by atoms with Crippen LogP contribution in [0.1, 0.15) is 10.4 Å². The number of halogens is 2. The predicted molar refractivity (Wildman–Crippen MR) is 105 cm³/mol. The second kappa shape index (κ2) is 8.35. The maximum atomic E-state index is 12.6. The molecule has 146 valence electrons. The molecule has 1 amide bonds. The molecule has 0 atom stereocenters. The van der Waals surface area contributed by atoms with E-state index in [1.807, 2.05) is 0 Å². The second-order valence-corrected chi connectivity index (χ2v) is 8.51. The second-order valence-electron chi connectivity index (χ2n) is 5.57. The Morgan fingerprint density at radius 1 is 1.00 bits per heavy atom. The molecule has 27 heavy (non-hydrogen) atoms. The SMILES string of the molecule is COc1cc(OC)c(NC(=O)c2ccc(Cl)c(S(=O)(=O)N(C)C)c2)cc1Cl. The smallest absolute Gasteiger partial charge is 0.255 e. The summed E-state index contributed by atoms with van der Waals surface area (Å²) in [5, 5.41) is 2.94. The standard InChI is InChI=1S/C17H18Cl2N2O5S/c1-21(2)27(23,24)16-7-10(5-6-11(16)18)17(22)20-13-8-12(19)14(25-3)9-15(13)26-4/h5-9H,1-4H3,(H,20,22). The van der Waals surface area contributed by atoms with Gasteiger partial charge < -0.3 is 14.8 Å². The number of rotatable bonds is 6. The third-order valence-electron chi connectivity index (χ3n) is 3.67. The fourth-order valence-electron chi connectivity index (χ4n) is 2.19. The highest BCUT2D eigenvalue weighted by Crippen LogP contribution is 2.36. The van der Waals surface area contributed by atoms with Crippen molar-refractivity contribution in [3.05, 3.63) is 45.9 Å². The topological polar surface area (TPSA) is 84.9 Å². The van der Waals surface area contributed by atoms with Crippen molar-refractivity contribution in [2.24, 2.45) is 0 Å². The summed E-state index contributed by atoms with van der Waals surface area (Å²) in [6, 6.07) is 6.99. The molecule has 2 aromatic rings. The van der Waals surface area contributed by atoms with Gasteiger partial charge >= 0.3 is 0 Å². The monoisotopic (exact) mass is 432 g/mol. The lowest BCUT2D eigenvalue weighted by molar-refractivity contribution is 0.102. The molecular weight excluding hydrogens is 415 g/mol. The van der Waals surface area contributed by atoms with Gasteiger partial charge in [-0.15, -0.1) is 0 Å². The number of nitrogens with zero attached hydrogens (tertiary/aromatic N) is 1. The fourth-order valence-corrected chi connectivity index (χ4v) is 3.83. The van der Waals surface area contributed by atoms with Crippen LogP contribution in [0.4, 0.5) is 5.69 Å². The van der Waals surface area contributed by atoms with Crippen molar-refractivity contribution in [2.45, 2.75) is 4.90 Å². The van der Waals surface area contributed by atoms with Gasteiger partial charge in [-0.1, -0.05) is 23.2 Å². The molecule has 0 bridgehead atoms. The molecule has 0 aliphatic heterocycles. The largest absolute Gasteiger partial charge is 0.495 e. The number of ether oxygens (including phenoxy) is 2. The third kappa shape index (κ3) is 4.47.